The van der Waals surface area contributed by atoms with Gasteiger partial charge in [-0.2, -0.15) is 20.4 Å². The molecule has 4 saturated carbocycles. The zero-order valence-corrected chi connectivity index (χ0v) is 65.8. The van der Waals surface area contributed by atoms with Crippen LogP contribution in [0.25, 0.3) is 0 Å². The SMILES string of the molecule is CCCCC1C2CCC1(OC(=O)c1cn(C)nc1C(F)F)c1ccc(C)cc12.CCCCC1C2CCC1(OC(=O)c1cn(C)nc1C(F)F)c1ccc(C)cc12.CCCCC1C2CCC1(OC(=O)c1cnn(C)c1Cl)c1ccc(C)cc12.CCCCC1C2CCC1(OC(=O)c1cnn(C)c1Cl)c1ccc(C)cc12. The summed E-state index contributed by atoms with van der Waals surface area (Å²) in [4.78, 5) is 51.9. The van der Waals surface area contributed by atoms with Gasteiger partial charge in [0.2, 0.25) is 0 Å². The van der Waals surface area contributed by atoms with Crippen molar-refractivity contribution >= 4 is 47.1 Å². The summed E-state index contributed by atoms with van der Waals surface area (Å²) in [5.41, 5.74) is 11.7. The van der Waals surface area contributed by atoms with Gasteiger partial charge in [-0.3, -0.25) is 18.7 Å². The van der Waals surface area contributed by atoms with Gasteiger partial charge in [-0.25, -0.2) is 36.7 Å². The van der Waals surface area contributed by atoms with E-state index in [4.69, 9.17) is 42.1 Å². The van der Waals surface area contributed by atoms with E-state index in [1.165, 1.54) is 113 Å². The van der Waals surface area contributed by atoms with E-state index in [9.17, 15) is 36.7 Å². The monoisotopic (exact) mass is 1520 g/mol. The number of ether oxygens (including phenoxy) is 4. The Morgan fingerprint density at radius 1 is 0.426 bits per heavy atom. The number of aromatic nitrogens is 8. The summed E-state index contributed by atoms with van der Waals surface area (Å²) >= 11 is 12.5. The van der Waals surface area contributed by atoms with Gasteiger partial charge in [0.05, 0.1) is 12.4 Å². The second kappa shape index (κ2) is 31.3. The molecular formula is C86H102Cl2F4N8O8. The van der Waals surface area contributed by atoms with Crippen LogP contribution in [0.1, 0.15) is 312 Å². The average molecular weight is 1520 g/mol. The van der Waals surface area contributed by atoms with E-state index in [0.29, 0.717) is 56.9 Å². The quantitative estimate of drug-likeness (QED) is 0.0357. The van der Waals surface area contributed by atoms with Gasteiger partial charge in [-0.05, 0) is 173 Å². The number of carbonyl (C=O) groups is 4. The number of rotatable bonds is 22. The Hall–Kier alpha value is -8.10. The van der Waals surface area contributed by atoms with Crippen LogP contribution in [-0.4, -0.2) is 63.0 Å². The largest absolute Gasteiger partial charge is 0.450 e. The highest BCUT2D eigenvalue weighted by Crippen LogP contribution is 2.67. The van der Waals surface area contributed by atoms with Crippen LogP contribution < -0.4 is 0 Å². The fourth-order valence-corrected chi connectivity index (χ4v) is 20.8. The highest BCUT2D eigenvalue weighted by atomic mass is 35.5. The first-order chi connectivity index (χ1) is 51.7. The minimum atomic E-state index is -2.81. The number of unbranched alkanes of at least 4 members (excludes halogenated alkanes) is 4. The van der Waals surface area contributed by atoms with Crippen LogP contribution in [0.3, 0.4) is 0 Å². The van der Waals surface area contributed by atoms with Crippen LogP contribution in [0.5, 0.6) is 0 Å². The van der Waals surface area contributed by atoms with E-state index in [-0.39, 0.29) is 34.9 Å². The van der Waals surface area contributed by atoms with Crippen molar-refractivity contribution in [2.45, 2.75) is 243 Å². The number of alkyl halides is 4. The predicted octanol–water partition coefficient (Wildman–Crippen LogP) is 21.1. The summed E-state index contributed by atoms with van der Waals surface area (Å²) in [6.45, 7) is 17.1. The second-order valence-corrected chi connectivity index (χ2v) is 32.5. The van der Waals surface area contributed by atoms with E-state index < -0.39 is 58.6 Å². The molecule has 0 aliphatic heterocycles. The lowest BCUT2D eigenvalue weighted by Gasteiger charge is -2.33. The fourth-order valence-electron chi connectivity index (χ4n) is 20.5. The van der Waals surface area contributed by atoms with Gasteiger partial charge in [0.15, 0.2) is 0 Å². The van der Waals surface area contributed by atoms with Gasteiger partial charge in [0.1, 0.15) is 66.4 Å². The number of hydrogen-bond donors (Lipinski definition) is 0. The highest BCUT2D eigenvalue weighted by Gasteiger charge is 2.63. The Kier molecular flexibility index (Phi) is 22.6. The van der Waals surface area contributed by atoms with Crippen molar-refractivity contribution in [2.24, 2.45) is 51.9 Å². The first kappa shape index (κ1) is 78.0. The molecule has 4 aromatic heterocycles. The molecule has 16 rings (SSSR count). The first-order valence-electron chi connectivity index (χ1n) is 39.1. The zero-order chi connectivity index (χ0) is 77.1. The van der Waals surface area contributed by atoms with E-state index >= 15 is 0 Å². The molecule has 0 N–H and O–H groups in total. The number of benzene rings is 4. The smallest absolute Gasteiger partial charge is 0.343 e. The average Bonchev–Trinajstić information content (AvgIpc) is 1.57. The molecule has 0 saturated heterocycles. The van der Waals surface area contributed by atoms with Gasteiger partial charge in [-0.1, -0.05) is 197 Å². The molecule has 12 atom stereocenters. The van der Waals surface area contributed by atoms with Gasteiger partial charge < -0.3 is 18.9 Å². The Morgan fingerprint density at radius 3 is 0.898 bits per heavy atom. The molecule has 12 unspecified atom stereocenters. The van der Waals surface area contributed by atoms with Crippen LogP contribution in [0, 0.1) is 51.4 Å². The van der Waals surface area contributed by atoms with Crippen LogP contribution in [0.4, 0.5) is 17.6 Å². The molecule has 8 aromatic rings. The molecule has 4 aromatic carbocycles. The molecule has 8 bridgehead atoms. The Balaban J connectivity index is 0.000000127. The maximum Gasteiger partial charge on any atom is 0.343 e. The number of hydrogen-bond acceptors (Lipinski definition) is 12. The minimum Gasteiger partial charge on any atom is -0.450 e. The lowest BCUT2D eigenvalue weighted by atomic mass is 9.85. The Labute approximate surface area is 641 Å². The standard InChI is InChI=1S/2C22H26F2N2O2.2C21H25ClN2O2/c2*1-4-5-6-17-14-9-10-22(17,18-8-7-13(2)11-15(14)18)28-21(27)16-12-26(3)25-19(16)20(23)24;2*1-4-5-6-17-14-9-10-21(17,18-8-7-13(2)11-15(14)18)26-20(25)16-12-23-24(3)19(16)22/h2*7-8,11-12,14,17,20H,4-6,9-10H2,1-3H3;2*7-8,11-12,14,17H,4-6,9-10H2,1-3H3. The third-order valence-corrected chi connectivity index (χ3v) is 26.1. The molecule has 576 valence electrons. The first-order valence-corrected chi connectivity index (χ1v) is 39.8. The van der Waals surface area contributed by atoms with Crippen LogP contribution in [0.15, 0.2) is 97.6 Å². The van der Waals surface area contributed by atoms with Crippen LogP contribution >= 0.6 is 23.2 Å². The normalized spacial score (nSPS) is 25.7. The number of esters is 4. The highest BCUT2D eigenvalue weighted by molar-refractivity contribution is 6.33. The van der Waals surface area contributed by atoms with Crippen molar-refractivity contribution in [3.8, 4) is 0 Å². The third-order valence-electron chi connectivity index (χ3n) is 25.2. The van der Waals surface area contributed by atoms with Gasteiger partial charge in [0, 0.05) is 64.3 Å². The summed E-state index contributed by atoms with van der Waals surface area (Å²) in [6, 6.07) is 25.8. The maximum atomic E-state index is 13.3. The van der Waals surface area contributed by atoms with E-state index in [1.54, 1.807) is 14.1 Å². The van der Waals surface area contributed by atoms with Crippen molar-refractivity contribution in [1.29, 1.82) is 0 Å². The lowest BCUT2D eigenvalue weighted by Crippen LogP contribution is -2.34. The summed E-state index contributed by atoms with van der Waals surface area (Å²) in [5.74, 6) is 0.755. The predicted molar refractivity (Wildman–Crippen MR) is 406 cm³/mol. The van der Waals surface area contributed by atoms with Crippen molar-refractivity contribution in [3.05, 3.63) is 208 Å². The van der Waals surface area contributed by atoms with Gasteiger partial charge in [0.25, 0.3) is 12.9 Å². The van der Waals surface area contributed by atoms with Crippen molar-refractivity contribution < 1.29 is 55.7 Å². The molecule has 0 amide bonds. The number of carbonyl (C=O) groups excluding carboxylic acids is 4. The molecule has 108 heavy (non-hydrogen) atoms. The van der Waals surface area contributed by atoms with Crippen LogP contribution in [-0.2, 0) is 69.5 Å². The summed E-state index contributed by atoms with van der Waals surface area (Å²) in [6.07, 6.45) is 20.4. The maximum absolute atomic E-state index is 13.3. The molecule has 4 heterocycles. The van der Waals surface area contributed by atoms with Crippen molar-refractivity contribution in [1.82, 2.24) is 39.1 Å². The number of halogens is 6. The number of nitrogens with zero attached hydrogens (tertiary/aromatic N) is 8. The van der Waals surface area contributed by atoms with Gasteiger partial charge in [-0.15, -0.1) is 0 Å². The molecule has 0 spiro atoms. The second-order valence-electron chi connectivity index (χ2n) is 31.8. The number of aryl methyl sites for hydroxylation is 8. The third kappa shape index (κ3) is 13.8. The fraction of sp³-hybridized carbons (Fsp3) is 0.535. The summed E-state index contributed by atoms with van der Waals surface area (Å²) < 4.78 is 83.6. The Morgan fingerprint density at radius 2 is 0.676 bits per heavy atom. The lowest BCUT2D eigenvalue weighted by molar-refractivity contribution is -0.0424. The molecular weight excluding hydrogens is 1420 g/mol. The van der Waals surface area contributed by atoms with Gasteiger partial charge >= 0.3 is 23.9 Å². The zero-order valence-electron chi connectivity index (χ0n) is 64.3. The van der Waals surface area contributed by atoms with Crippen molar-refractivity contribution in [3.63, 3.8) is 0 Å². The molecule has 0 radical (unpaired) electrons. The van der Waals surface area contributed by atoms with E-state index in [1.807, 2.05) is 12.1 Å². The Bertz CT molecular complexity index is 4410. The van der Waals surface area contributed by atoms with E-state index in [2.05, 4.69) is 136 Å². The number of fused-ring (bicyclic) bond motifs is 20. The molecule has 22 heteroatoms. The van der Waals surface area contributed by atoms with E-state index in [0.717, 1.165) is 140 Å². The van der Waals surface area contributed by atoms with Crippen LogP contribution in [0.2, 0.25) is 10.3 Å². The summed E-state index contributed by atoms with van der Waals surface area (Å²) in [7, 11) is 6.51. The molecule has 16 nitrogen and oxygen atoms in total. The molecule has 8 aliphatic carbocycles. The summed E-state index contributed by atoms with van der Waals surface area (Å²) in [5, 5.41) is 16.3. The molecule has 4 fully saturated rings. The minimum absolute atomic E-state index is 0.134. The molecule has 8 aliphatic rings. The topological polar surface area (TPSA) is 176 Å². The van der Waals surface area contributed by atoms with Crippen molar-refractivity contribution in [2.75, 3.05) is 0 Å².